The van der Waals surface area contributed by atoms with Gasteiger partial charge in [-0.15, -0.1) is 0 Å². The molecule has 0 aliphatic rings. The van der Waals surface area contributed by atoms with Crippen molar-refractivity contribution in [2.45, 2.75) is 0 Å². The van der Waals surface area contributed by atoms with E-state index in [1.54, 1.807) is 0 Å². The Balaban J connectivity index is 0.809. The molecular weight excluding hydrogens is 945 g/mol. The minimum Gasteiger partial charge on any atom is -0.310 e. The standard InChI is InChI=1S/C74H50N4/c1-3-24-59(25-4-1)77-71-31-13-11-29-67(71)69-49-65(41-43-73(69)77)75(63-39-35-51-17-7-9-19-56(51)46-63)61-37-33-53(34-38-61)54-21-15-22-55(45-54)58-23-16-28-62(48-58)76(64-40-36-52-18-8-10-20-57(52)47-64)66-42-44-74-70(50-66)68-30-12-14-32-72(68)78(74)60-26-5-2-6-27-60/h1-50H. The molecule has 15 rings (SSSR count). The molecule has 4 heteroatoms. The van der Waals surface area contributed by atoms with Gasteiger partial charge in [0.2, 0.25) is 0 Å². The summed E-state index contributed by atoms with van der Waals surface area (Å²) in [6.07, 6.45) is 0. The van der Waals surface area contributed by atoms with Gasteiger partial charge in [0.25, 0.3) is 0 Å². The number of rotatable bonds is 10. The topological polar surface area (TPSA) is 16.3 Å². The first kappa shape index (κ1) is 45.0. The summed E-state index contributed by atoms with van der Waals surface area (Å²) in [6.45, 7) is 0. The van der Waals surface area contributed by atoms with Crippen molar-refractivity contribution in [2.24, 2.45) is 0 Å². The smallest absolute Gasteiger partial charge is 0.0542 e. The summed E-state index contributed by atoms with van der Waals surface area (Å²) in [5.41, 5.74) is 18.2. The molecule has 0 N–H and O–H groups in total. The molecule has 0 aliphatic carbocycles. The van der Waals surface area contributed by atoms with Gasteiger partial charge in [-0.3, -0.25) is 0 Å². The number of hydrogen-bond acceptors (Lipinski definition) is 2. The predicted molar refractivity (Wildman–Crippen MR) is 330 cm³/mol. The maximum absolute atomic E-state index is 2.41. The Hall–Kier alpha value is -10.4. The highest BCUT2D eigenvalue weighted by Crippen LogP contribution is 2.44. The van der Waals surface area contributed by atoms with Crippen molar-refractivity contribution in [2.75, 3.05) is 9.80 Å². The minimum absolute atomic E-state index is 1.08. The maximum Gasteiger partial charge on any atom is 0.0542 e. The van der Waals surface area contributed by atoms with Gasteiger partial charge in [-0.05, 0) is 171 Å². The second-order valence-corrected chi connectivity index (χ2v) is 20.2. The highest BCUT2D eigenvalue weighted by atomic mass is 15.1. The van der Waals surface area contributed by atoms with Crippen molar-refractivity contribution in [1.82, 2.24) is 9.13 Å². The molecule has 0 amide bonds. The monoisotopic (exact) mass is 994 g/mol. The van der Waals surface area contributed by atoms with Gasteiger partial charge in [-0.2, -0.15) is 0 Å². The van der Waals surface area contributed by atoms with Crippen molar-refractivity contribution in [3.63, 3.8) is 0 Å². The lowest BCUT2D eigenvalue weighted by atomic mass is 9.98. The number of fused-ring (bicyclic) bond motifs is 8. The normalized spacial score (nSPS) is 11.6. The van der Waals surface area contributed by atoms with E-state index in [1.807, 2.05) is 0 Å². The van der Waals surface area contributed by atoms with E-state index >= 15 is 0 Å². The fraction of sp³-hybridized carbons (Fsp3) is 0. The second kappa shape index (κ2) is 18.7. The van der Waals surface area contributed by atoms with Gasteiger partial charge in [0.05, 0.1) is 22.1 Å². The molecule has 0 unspecified atom stereocenters. The van der Waals surface area contributed by atoms with Crippen LogP contribution in [0, 0.1) is 0 Å². The van der Waals surface area contributed by atoms with E-state index in [1.165, 1.54) is 65.2 Å². The van der Waals surface area contributed by atoms with Gasteiger partial charge >= 0.3 is 0 Å². The molecule has 0 fully saturated rings. The SMILES string of the molecule is c1ccc(-n2c3ccccc3c3cc(N(c4ccc(-c5cccc(-c6cccc(N(c7ccc8ccccc8c7)c7ccc8c(c7)c7ccccc7n8-c7ccccc7)c6)c5)cc4)c4ccc5ccccc5c4)ccc32)cc1. The van der Waals surface area contributed by atoms with Crippen molar-refractivity contribution in [3.8, 4) is 33.6 Å². The molecule has 0 atom stereocenters. The van der Waals surface area contributed by atoms with E-state index in [-0.39, 0.29) is 0 Å². The van der Waals surface area contributed by atoms with Crippen LogP contribution in [-0.4, -0.2) is 9.13 Å². The summed E-state index contributed by atoms with van der Waals surface area (Å²) in [4.78, 5) is 4.81. The lowest BCUT2D eigenvalue weighted by molar-refractivity contribution is 1.18. The highest BCUT2D eigenvalue weighted by molar-refractivity contribution is 6.12. The van der Waals surface area contributed by atoms with Crippen LogP contribution >= 0.6 is 0 Å². The lowest BCUT2D eigenvalue weighted by Crippen LogP contribution is -2.10. The molecule has 0 spiro atoms. The zero-order valence-electron chi connectivity index (χ0n) is 42.7. The summed E-state index contributed by atoms with van der Waals surface area (Å²) in [6, 6.07) is 111. The zero-order valence-corrected chi connectivity index (χ0v) is 42.7. The number of anilines is 6. The second-order valence-electron chi connectivity index (χ2n) is 20.2. The van der Waals surface area contributed by atoms with Gasteiger partial charge < -0.3 is 18.9 Å². The molecule has 13 aromatic carbocycles. The van der Waals surface area contributed by atoms with E-state index < -0.39 is 0 Å². The van der Waals surface area contributed by atoms with Crippen molar-refractivity contribution >= 4 is 99.3 Å². The van der Waals surface area contributed by atoms with Crippen LogP contribution in [0.2, 0.25) is 0 Å². The van der Waals surface area contributed by atoms with Crippen LogP contribution in [0.1, 0.15) is 0 Å². The van der Waals surface area contributed by atoms with Crippen molar-refractivity contribution in [3.05, 3.63) is 303 Å². The van der Waals surface area contributed by atoms with E-state index in [0.717, 1.165) is 67.8 Å². The van der Waals surface area contributed by atoms with Crippen LogP contribution in [-0.2, 0) is 0 Å². The molecule has 4 nitrogen and oxygen atoms in total. The van der Waals surface area contributed by atoms with Crippen molar-refractivity contribution in [1.29, 1.82) is 0 Å². The minimum atomic E-state index is 1.08. The largest absolute Gasteiger partial charge is 0.310 e. The van der Waals surface area contributed by atoms with Crippen LogP contribution in [0.15, 0.2) is 303 Å². The predicted octanol–water partition coefficient (Wildman–Crippen LogP) is 20.5. The first-order valence-corrected chi connectivity index (χ1v) is 26.7. The summed E-state index contributed by atoms with van der Waals surface area (Å²) < 4.78 is 4.76. The van der Waals surface area contributed by atoms with E-state index in [9.17, 15) is 0 Å². The first-order chi connectivity index (χ1) is 38.7. The molecule has 0 radical (unpaired) electrons. The fourth-order valence-corrected chi connectivity index (χ4v) is 11.9. The number of para-hydroxylation sites is 4. The molecule has 0 aliphatic heterocycles. The Kier molecular flexibility index (Phi) is 10.8. The third-order valence-electron chi connectivity index (χ3n) is 15.6. The number of nitrogens with zero attached hydrogens (tertiary/aromatic N) is 4. The number of aromatic nitrogens is 2. The van der Waals surface area contributed by atoms with Gasteiger partial charge in [0.1, 0.15) is 0 Å². The summed E-state index contributed by atoms with van der Waals surface area (Å²) in [5, 5.41) is 9.70. The third kappa shape index (κ3) is 7.77. The number of hydrogen-bond donors (Lipinski definition) is 0. The number of benzene rings is 13. The summed E-state index contributed by atoms with van der Waals surface area (Å²) >= 11 is 0. The van der Waals surface area contributed by atoms with Gasteiger partial charge in [0, 0.05) is 67.0 Å². The Morgan fingerprint density at radius 1 is 0.192 bits per heavy atom. The van der Waals surface area contributed by atoms with Crippen LogP contribution in [0.5, 0.6) is 0 Å². The van der Waals surface area contributed by atoms with Crippen LogP contribution in [0.4, 0.5) is 34.1 Å². The molecule has 15 aromatic rings. The van der Waals surface area contributed by atoms with Gasteiger partial charge in [0.15, 0.2) is 0 Å². The average molecular weight is 995 g/mol. The van der Waals surface area contributed by atoms with Crippen LogP contribution in [0.25, 0.3) is 98.8 Å². The van der Waals surface area contributed by atoms with Gasteiger partial charge in [-0.1, -0.05) is 176 Å². The molecule has 2 heterocycles. The van der Waals surface area contributed by atoms with E-state index in [4.69, 9.17) is 0 Å². The molecular formula is C74H50N4. The molecule has 78 heavy (non-hydrogen) atoms. The quantitative estimate of drug-likeness (QED) is 0.136. The Morgan fingerprint density at radius 3 is 1.10 bits per heavy atom. The van der Waals surface area contributed by atoms with Gasteiger partial charge in [-0.25, -0.2) is 0 Å². The lowest BCUT2D eigenvalue weighted by Gasteiger charge is -2.27. The molecule has 0 saturated heterocycles. The third-order valence-corrected chi connectivity index (χ3v) is 15.6. The Labute approximate surface area is 452 Å². The zero-order chi connectivity index (χ0) is 51.5. The summed E-state index contributed by atoms with van der Waals surface area (Å²) in [7, 11) is 0. The maximum atomic E-state index is 2.41. The molecule has 366 valence electrons. The molecule has 2 aromatic heterocycles. The summed E-state index contributed by atoms with van der Waals surface area (Å²) in [5.74, 6) is 0. The van der Waals surface area contributed by atoms with E-state index in [0.29, 0.717) is 0 Å². The van der Waals surface area contributed by atoms with Crippen LogP contribution < -0.4 is 9.80 Å². The highest BCUT2D eigenvalue weighted by Gasteiger charge is 2.21. The van der Waals surface area contributed by atoms with E-state index in [2.05, 4.69) is 322 Å². The van der Waals surface area contributed by atoms with Crippen molar-refractivity contribution < 1.29 is 0 Å². The Bertz CT molecular complexity index is 4740. The first-order valence-electron chi connectivity index (χ1n) is 26.7. The van der Waals surface area contributed by atoms with Crippen LogP contribution in [0.3, 0.4) is 0 Å². The fourth-order valence-electron chi connectivity index (χ4n) is 11.9. The average Bonchev–Trinajstić information content (AvgIpc) is 4.23. The molecule has 0 saturated carbocycles. The molecule has 0 bridgehead atoms. The Morgan fingerprint density at radius 2 is 0.564 bits per heavy atom.